The van der Waals surface area contributed by atoms with E-state index >= 15 is 4.39 Å². The molecule has 0 aliphatic carbocycles. The average Bonchev–Trinajstić information content (AvgIpc) is 3.09. The lowest BCUT2D eigenvalue weighted by Crippen LogP contribution is -2.55. The second-order valence-electron chi connectivity index (χ2n) is 7.48. The van der Waals surface area contributed by atoms with Gasteiger partial charge in [0.2, 0.25) is 0 Å². The summed E-state index contributed by atoms with van der Waals surface area (Å²) in [5.74, 6) is -2.64. The number of Topliss-reactive ketones (excluding diaryl/α,β-unsaturated/α-hetero) is 1. The van der Waals surface area contributed by atoms with Gasteiger partial charge in [-0.3, -0.25) is 4.79 Å². The summed E-state index contributed by atoms with van der Waals surface area (Å²) in [7, 11) is 0. The van der Waals surface area contributed by atoms with Crippen LogP contribution in [0.15, 0.2) is 48.5 Å². The van der Waals surface area contributed by atoms with E-state index in [1.807, 2.05) is 0 Å². The van der Waals surface area contributed by atoms with E-state index in [4.69, 9.17) is 17.0 Å². The molecular weight excluding hydrogens is 434 g/mol. The molecule has 1 heterocycles. The Bertz CT molecular complexity index is 967. The summed E-state index contributed by atoms with van der Waals surface area (Å²) < 4.78 is 60.7. The van der Waals surface area contributed by atoms with E-state index in [0.29, 0.717) is 5.56 Å². The van der Waals surface area contributed by atoms with E-state index in [1.165, 1.54) is 25.1 Å². The van der Waals surface area contributed by atoms with Gasteiger partial charge in [0.15, 0.2) is 11.9 Å². The van der Waals surface area contributed by atoms with E-state index < -0.39 is 42.8 Å². The Kier molecular flexibility index (Phi) is 6.78. The third-order valence-corrected chi connectivity index (χ3v) is 5.71. The summed E-state index contributed by atoms with van der Waals surface area (Å²) in [6.45, 7) is -0.0307. The number of aliphatic hydroxyl groups is 1. The quantitative estimate of drug-likeness (QED) is 0.391. The molecule has 4 nitrogen and oxygen atoms in total. The highest BCUT2D eigenvalue weighted by atomic mass is 32.1. The van der Waals surface area contributed by atoms with Crippen LogP contribution in [0.3, 0.4) is 0 Å². The van der Waals surface area contributed by atoms with Gasteiger partial charge in [-0.2, -0.15) is 13.2 Å². The minimum atomic E-state index is -4.78. The second-order valence-corrected chi connectivity index (χ2v) is 7.98. The van der Waals surface area contributed by atoms with Crippen molar-refractivity contribution in [2.45, 2.75) is 31.2 Å². The number of benzene rings is 2. The van der Waals surface area contributed by atoms with Gasteiger partial charge in [0, 0.05) is 17.0 Å². The maximum atomic E-state index is 15.0. The zero-order valence-corrected chi connectivity index (χ0v) is 17.4. The van der Waals surface area contributed by atoms with E-state index in [9.17, 15) is 23.1 Å². The molecule has 0 bridgehead atoms. The molecule has 2 N–H and O–H groups in total. The Morgan fingerprint density at radius 3 is 2.52 bits per heavy atom. The summed E-state index contributed by atoms with van der Waals surface area (Å²) in [5, 5.41) is 12.6. The second kappa shape index (κ2) is 9.02. The number of ketones is 1. The van der Waals surface area contributed by atoms with Gasteiger partial charge in [-0.05, 0) is 12.5 Å². The first-order valence-corrected chi connectivity index (χ1v) is 9.95. The average molecular weight is 455 g/mol. The highest BCUT2D eigenvalue weighted by Crippen LogP contribution is 2.46. The minimum Gasteiger partial charge on any atom is -0.396 e. The number of rotatable bonds is 6. The van der Waals surface area contributed by atoms with E-state index in [1.54, 1.807) is 30.3 Å². The highest BCUT2D eigenvalue weighted by molar-refractivity contribution is 7.80. The van der Waals surface area contributed by atoms with Crippen molar-refractivity contribution in [3.63, 3.8) is 0 Å². The van der Waals surface area contributed by atoms with Crippen molar-refractivity contribution in [3.8, 4) is 0 Å². The molecular formula is C22H21F4NO3S. The molecule has 0 radical (unpaired) electrons. The number of hydrogen-bond donors (Lipinski definition) is 2. The summed E-state index contributed by atoms with van der Waals surface area (Å²) in [5.41, 5.74) is -1.29. The van der Waals surface area contributed by atoms with Gasteiger partial charge in [0.1, 0.15) is 5.82 Å². The standard InChI is InChI=1S/C22H21F4NO3S/c1-13-6-5-9-15(19(13)23)21(12-30-20(16(21)11-28)22(24,25)26)27-18(31)10-17(29)14-7-3-2-4-8-14/h2-9,16,20,28H,10-12H2,1H3,(H,27,31)/t16-,20+,21-/m1/s1. The van der Waals surface area contributed by atoms with Gasteiger partial charge in [-0.15, -0.1) is 0 Å². The number of thiocarbonyl (C=S) groups is 1. The number of nitrogens with one attached hydrogen (secondary N) is 1. The normalized spacial score (nSPS) is 23.5. The first-order valence-electron chi connectivity index (χ1n) is 9.54. The van der Waals surface area contributed by atoms with Gasteiger partial charge in [0.25, 0.3) is 0 Å². The monoisotopic (exact) mass is 455 g/mol. The van der Waals surface area contributed by atoms with Crippen LogP contribution in [0, 0.1) is 18.7 Å². The summed E-state index contributed by atoms with van der Waals surface area (Å²) in [4.78, 5) is 12.4. The van der Waals surface area contributed by atoms with Crippen molar-refractivity contribution < 1.29 is 32.2 Å². The topological polar surface area (TPSA) is 58.6 Å². The van der Waals surface area contributed by atoms with E-state index in [2.05, 4.69) is 5.32 Å². The number of carbonyl (C=O) groups is 1. The van der Waals surface area contributed by atoms with Crippen LogP contribution >= 0.6 is 12.2 Å². The summed E-state index contributed by atoms with van der Waals surface area (Å²) in [6, 6.07) is 12.6. The fourth-order valence-electron chi connectivity index (χ4n) is 3.91. The predicted molar refractivity (Wildman–Crippen MR) is 110 cm³/mol. The fraction of sp³-hybridized carbons (Fsp3) is 0.364. The summed E-state index contributed by atoms with van der Waals surface area (Å²) in [6.07, 6.45) is -7.39. The Hall–Kier alpha value is -2.36. The molecule has 3 rings (SSSR count). The van der Waals surface area contributed by atoms with Crippen LogP contribution in [-0.4, -0.2) is 41.4 Å². The number of ether oxygens (including phenoxy) is 1. The highest BCUT2D eigenvalue weighted by Gasteiger charge is 2.60. The molecule has 1 aliphatic heterocycles. The third-order valence-electron chi connectivity index (χ3n) is 5.46. The number of aryl methyl sites for hydroxylation is 1. The van der Waals surface area contributed by atoms with Gasteiger partial charge in [0.05, 0.1) is 30.2 Å². The molecule has 0 spiro atoms. The smallest absolute Gasteiger partial charge is 0.396 e. The first-order chi connectivity index (χ1) is 14.6. The number of aliphatic hydroxyl groups excluding tert-OH is 1. The van der Waals surface area contributed by atoms with Crippen molar-refractivity contribution in [1.29, 1.82) is 0 Å². The zero-order chi connectivity index (χ0) is 22.8. The molecule has 1 aliphatic rings. The van der Waals surface area contributed by atoms with Crippen molar-refractivity contribution in [2.24, 2.45) is 5.92 Å². The number of carbonyl (C=O) groups excluding carboxylic acids is 1. The van der Waals surface area contributed by atoms with E-state index in [0.717, 1.165) is 0 Å². The lowest BCUT2D eigenvalue weighted by molar-refractivity contribution is -0.219. The molecule has 9 heteroatoms. The Labute approximate surface area is 182 Å². The first kappa shape index (κ1) is 23.3. The number of alkyl halides is 3. The zero-order valence-electron chi connectivity index (χ0n) is 16.6. The molecule has 166 valence electrons. The molecule has 0 saturated carbocycles. The van der Waals surface area contributed by atoms with Gasteiger partial charge in [-0.25, -0.2) is 4.39 Å². The Balaban J connectivity index is 1.98. The van der Waals surface area contributed by atoms with Crippen molar-refractivity contribution in [2.75, 3.05) is 13.2 Å². The maximum absolute atomic E-state index is 15.0. The molecule has 2 aromatic carbocycles. The van der Waals surface area contributed by atoms with Gasteiger partial charge in [-0.1, -0.05) is 60.7 Å². The maximum Gasteiger partial charge on any atom is 0.415 e. The van der Waals surface area contributed by atoms with Crippen molar-refractivity contribution >= 4 is 23.0 Å². The van der Waals surface area contributed by atoms with Crippen LogP contribution in [0.1, 0.15) is 27.9 Å². The molecule has 0 amide bonds. The lowest BCUT2D eigenvalue weighted by Gasteiger charge is -2.37. The molecule has 31 heavy (non-hydrogen) atoms. The molecule has 0 unspecified atom stereocenters. The predicted octanol–water partition coefficient (Wildman–Crippen LogP) is 4.09. The largest absolute Gasteiger partial charge is 0.415 e. The van der Waals surface area contributed by atoms with Crippen molar-refractivity contribution in [1.82, 2.24) is 5.32 Å². The van der Waals surface area contributed by atoms with Crippen LogP contribution in [-0.2, 0) is 10.3 Å². The molecule has 0 aromatic heterocycles. The molecule has 2 aromatic rings. The van der Waals surface area contributed by atoms with Gasteiger partial charge < -0.3 is 15.2 Å². The van der Waals surface area contributed by atoms with Crippen LogP contribution < -0.4 is 5.32 Å². The SMILES string of the molecule is Cc1cccc([C@]2(NC(=S)CC(=O)c3ccccc3)CO[C@H](C(F)(F)F)[C@H]2CO)c1F. The molecule has 3 atom stereocenters. The van der Waals surface area contributed by atoms with Gasteiger partial charge >= 0.3 is 6.18 Å². The van der Waals surface area contributed by atoms with Crippen LogP contribution in [0.5, 0.6) is 0 Å². The minimum absolute atomic E-state index is 0.0698. The molecule has 1 saturated heterocycles. The number of hydrogen-bond acceptors (Lipinski definition) is 4. The van der Waals surface area contributed by atoms with E-state index in [-0.39, 0.29) is 28.3 Å². The number of halogens is 4. The van der Waals surface area contributed by atoms with Crippen LogP contribution in [0.25, 0.3) is 0 Å². The van der Waals surface area contributed by atoms with Crippen molar-refractivity contribution in [3.05, 3.63) is 71.0 Å². The molecule has 1 fully saturated rings. The fourth-order valence-corrected chi connectivity index (χ4v) is 4.22. The van der Waals surface area contributed by atoms with Crippen LogP contribution in [0.2, 0.25) is 0 Å². The Morgan fingerprint density at radius 1 is 1.23 bits per heavy atom. The summed E-state index contributed by atoms with van der Waals surface area (Å²) >= 11 is 5.27. The Morgan fingerprint density at radius 2 is 1.90 bits per heavy atom. The van der Waals surface area contributed by atoms with Crippen LogP contribution in [0.4, 0.5) is 17.6 Å². The third kappa shape index (κ3) is 4.63. The lowest BCUT2D eigenvalue weighted by atomic mass is 9.77.